The van der Waals surface area contributed by atoms with Gasteiger partial charge in [0.15, 0.2) is 0 Å². The molecule has 0 radical (unpaired) electrons. The van der Waals surface area contributed by atoms with Gasteiger partial charge < -0.3 is 9.88 Å². The monoisotopic (exact) mass is 377 g/mol. The van der Waals surface area contributed by atoms with Gasteiger partial charge in [-0.05, 0) is 25.3 Å². The lowest BCUT2D eigenvalue weighted by Gasteiger charge is -2.32. The first-order valence-corrected chi connectivity index (χ1v) is 9.53. The molecule has 7 heteroatoms. The Balaban J connectivity index is 1.50. The number of likely N-dealkylation sites (tertiary alicyclic amines) is 1. The number of benzene rings is 1. The molecular weight excluding hydrogens is 354 g/mol. The van der Waals surface area contributed by atoms with E-state index in [0.717, 1.165) is 29.7 Å². The van der Waals surface area contributed by atoms with Crippen LogP contribution in [0.2, 0.25) is 0 Å². The topological polar surface area (TPSA) is 94.7 Å². The minimum atomic E-state index is -0.241. The van der Waals surface area contributed by atoms with E-state index in [1.807, 2.05) is 29.3 Å². The van der Waals surface area contributed by atoms with Crippen molar-refractivity contribution in [2.24, 2.45) is 0 Å². The van der Waals surface area contributed by atoms with Crippen molar-refractivity contribution in [2.45, 2.75) is 32.1 Å². The van der Waals surface area contributed by atoms with Crippen LogP contribution in [-0.2, 0) is 11.2 Å². The molecule has 1 amide bonds. The van der Waals surface area contributed by atoms with Crippen molar-refractivity contribution >= 4 is 5.91 Å². The number of rotatable bonds is 4. The molecule has 0 spiro atoms. The van der Waals surface area contributed by atoms with Crippen molar-refractivity contribution in [1.29, 1.82) is 0 Å². The zero-order valence-corrected chi connectivity index (χ0v) is 15.8. The van der Waals surface area contributed by atoms with Crippen LogP contribution in [0.5, 0.6) is 0 Å². The normalized spacial score (nSPS) is 16.9. The summed E-state index contributed by atoms with van der Waals surface area (Å²) in [4.78, 5) is 33.4. The standard InChI is InChI=1S/C21H23N5O2/c1-14-22-11-17(21(28)24-14)10-19(27)26-9-5-8-16(13-26)20-18(12-23-25-20)15-6-3-2-4-7-15/h2-4,6-7,11-12,16H,5,8-10,13H2,1H3,(H,23,25)(H,22,24,28)/t16-/m0/s1. The van der Waals surface area contributed by atoms with E-state index in [1.54, 1.807) is 6.92 Å². The van der Waals surface area contributed by atoms with Crippen LogP contribution in [0.4, 0.5) is 0 Å². The Kier molecular flexibility index (Phi) is 5.06. The summed E-state index contributed by atoms with van der Waals surface area (Å²) < 4.78 is 0. The first-order valence-electron chi connectivity index (χ1n) is 9.53. The minimum Gasteiger partial charge on any atom is -0.342 e. The molecule has 1 aliphatic heterocycles. The van der Waals surface area contributed by atoms with Crippen molar-refractivity contribution in [2.75, 3.05) is 13.1 Å². The van der Waals surface area contributed by atoms with Crippen LogP contribution < -0.4 is 5.56 Å². The number of amides is 1. The molecule has 3 heterocycles. The van der Waals surface area contributed by atoms with Crippen LogP contribution in [0.3, 0.4) is 0 Å². The molecule has 2 N–H and O–H groups in total. The second kappa shape index (κ2) is 7.80. The molecule has 1 fully saturated rings. The van der Waals surface area contributed by atoms with Crippen molar-refractivity contribution in [3.8, 4) is 11.1 Å². The average molecular weight is 377 g/mol. The largest absolute Gasteiger partial charge is 0.342 e. The fraction of sp³-hybridized carbons (Fsp3) is 0.333. The molecule has 4 rings (SSSR count). The molecule has 28 heavy (non-hydrogen) atoms. The van der Waals surface area contributed by atoms with Crippen molar-refractivity contribution in [3.05, 3.63) is 70.2 Å². The number of H-pyrrole nitrogens is 2. The Hall–Kier alpha value is -3.22. The highest BCUT2D eigenvalue weighted by Crippen LogP contribution is 2.33. The summed E-state index contributed by atoms with van der Waals surface area (Å²) in [6, 6.07) is 10.1. The van der Waals surface area contributed by atoms with Crippen LogP contribution in [-0.4, -0.2) is 44.1 Å². The first-order chi connectivity index (χ1) is 13.6. The number of piperidine rings is 1. The minimum absolute atomic E-state index is 0.0402. The van der Waals surface area contributed by atoms with E-state index in [4.69, 9.17) is 0 Å². The Morgan fingerprint density at radius 1 is 1.25 bits per heavy atom. The summed E-state index contributed by atoms with van der Waals surface area (Å²) in [5.74, 6) is 0.707. The molecule has 0 unspecified atom stereocenters. The van der Waals surface area contributed by atoms with Gasteiger partial charge in [-0.2, -0.15) is 5.10 Å². The number of nitrogens with zero attached hydrogens (tertiary/aromatic N) is 3. The van der Waals surface area contributed by atoms with Gasteiger partial charge in [0, 0.05) is 42.0 Å². The highest BCUT2D eigenvalue weighted by Gasteiger charge is 2.28. The zero-order valence-electron chi connectivity index (χ0n) is 15.8. The lowest BCUT2D eigenvalue weighted by molar-refractivity contribution is -0.131. The predicted octanol–water partition coefficient (Wildman–Crippen LogP) is 2.42. The van der Waals surface area contributed by atoms with Crippen molar-refractivity contribution < 1.29 is 4.79 Å². The lowest BCUT2D eigenvalue weighted by Crippen LogP contribution is -2.40. The quantitative estimate of drug-likeness (QED) is 0.730. The van der Waals surface area contributed by atoms with Gasteiger partial charge in [0.1, 0.15) is 5.82 Å². The molecule has 0 aliphatic carbocycles. The molecular formula is C21H23N5O2. The van der Waals surface area contributed by atoms with Crippen molar-refractivity contribution in [3.63, 3.8) is 0 Å². The predicted molar refractivity (Wildman–Crippen MR) is 106 cm³/mol. The fourth-order valence-corrected chi connectivity index (χ4v) is 3.81. The molecule has 0 saturated carbocycles. The third kappa shape index (κ3) is 3.74. The number of nitrogens with one attached hydrogen (secondary N) is 2. The summed E-state index contributed by atoms with van der Waals surface area (Å²) >= 11 is 0. The van der Waals surface area contributed by atoms with Gasteiger partial charge in [-0.1, -0.05) is 30.3 Å². The molecule has 1 aromatic carbocycles. The maximum absolute atomic E-state index is 12.8. The van der Waals surface area contributed by atoms with Gasteiger partial charge in [0.2, 0.25) is 5.91 Å². The summed E-state index contributed by atoms with van der Waals surface area (Å²) in [6.45, 7) is 3.05. The van der Waals surface area contributed by atoms with Gasteiger partial charge in [-0.3, -0.25) is 14.7 Å². The van der Waals surface area contributed by atoms with Gasteiger partial charge in [-0.25, -0.2) is 4.98 Å². The summed E-state index contributed by atoms with van der Waals surface area (Å²) in [5, 5.41) is 7.39. The van der Waals surface area contributed by atoms with E-state index in [0.29, 0.717) is 24.5 Å². The number of aryl methyl sites for hydroxylation is 1. The Bertz CT molecular complexity index is 1020. The van der Waals surface area contributed by atoms with Crippen LogP contribution in [0.15, 0.2) is 47.5 Å². The second-order valence-electron chi connectivity index (χ2n) is 7.24. The van der Waals surface area contributed by atoms with Crippen LogP contribution in [0.1, 0.15) is 35.8 Å². The highest BCUT2D eigenvalue weighted by molar-refractivity contribution is 5.79. The molecule has 3 aromatic rings. The Labute approximate surface area is 162 Å². The summed E-state index contributed by atoms with van der Waals surface area (Å²) in [7, 11) is 0. The molecule has 7 nitrogen and oxygen atoms in total. The van der Waals surface area contributed by atoms with Gasteiger partial charge in [0.05, 0.1) is 12.6 Å². The maximum atomic E-state index is 12.8. The third-order valence-corrected chi connectivity index (χ3v) is 5.28. The van der Waals surface area contributed by atoms with E-state index in [2.05, 4.69) is 32.3 Å². The highest BCUT2D eigenvalue weighted by atomic mass is 16.2. The van der Waals surface area contributed by atoms with Crippen LogP contribution >= 0.6 is 0 Å². The SMILES string of the molecule is Cc1ncc(CC(=O)N2CCC[C@H](c3[nH]ncc3-c3ccccc3)C2)c(=O)[nH]1. The smallest absolute Gasteiger partial charge is 0.254 e. The molecule has 144 valence electrons. The molecule has 1 aliphatic rings. The van der Waals surface area contributed by atoms with Gasteiger partial charge in [0.25, 0.3) is 5.56 Å². The fourth-order valence-electron chi connectivity index (χ4n) is 3.81. The Morgan fingerprint density at radius 3 is 2.86 bits per heavy atom. The number of carbonyl (C=O) groups is 1. The Morgan fingerprint density at radius 2 is 2.07 bits per heavy atom. The molecule has 0 bridgehead atoms. The van der Waals surface area contributed by atoms with Gasteiger partial charge >= 0.3 is 0 Å². The van der Waals surface area contributed by atoms with E-state index in [-0.39, 0.29) is 23.8 Å². The van der Waals surface area contributed by atoms with Crippen LogP contribution in [0, 0.1) is 6.92 Å². The summed E-state index contributed by atoms with van der Waals surface area (Å²) in [6.07, 6.45) is 5.34. The third-order valence-electron chi connectivity index (χ3n) is 5.28. The van der Waals surface area contributed by atoms with Crippen molar-refractivity contribution in [1.82, 2.24) is 25.1 Å². The van der Waals surface area contributed by atoms with E-state index >= 15 is 0 Å². The van der Waals surface area contributed by atoms with Crippen LogP contribution in [0.25, 0.3) is 11.1 Å². The van der Waals surface area contributed by atoms with E-state index < -0.39 is 0 Å². The zero-order chi connectivity index (χ0) is 19.5. The molecule has 1 saturated heterocycles. The number of hydrogen-bond donors (Lipinski definition) is 2. The molecule has 1 atom stereocenters. The van der Waals surface area contributed by atoms with Gasteiger partial charge in [-0.15, -0.1) is 0 Å². The maximum Gasteiger partial charge on any atom is 0.254 e. The number of hydrogen-bond acceptors (Lipinski definition) is 4. The molecule has 2 aromatic heterocycles. The first kappa shape index (κ1) is 18.2. The average Bonchev–Trinajstić information content (AvgIpc) is 3.21. The number of aromatic nitrogens is 4. The summed E-state index contributed by atoms with van der Waals surface area (Å²) in [5.41, 5.74) is 3.43. The number of aromatic amines is 2. The number of carbonyl (C=O) groups excluding carboxylic acids is 1. The second-order valence-corrected chi connectivity index (χ2v) is 7.24. The van der Waals surface area contributed by atoms with E-state index in [9.17, 15) is 9.59 Å². The van der Waals surface area contributed by atoms with E-state index in [1.165, 1.54) is 6.20 Å². The lowest BCUT2D eigenvalue weighted by atomic mass is 9.90.